The minimum Gasteiger partial charge on any atom is -0.324 e. The maximum Gasteiger partial charge on any atom is 0.127 e. The van der Waals surface area contributed by atoms with Crippen molar-refractivity contribution in [3.63, 3.8) is 0 Å². The molecule has 0 spiro atoms. The van der Waals surface area contributed by atoms with Gasteiger partial charge in [-0.2, -0.15) is 0 Å². The van der Waals surface area contributed by atoms with E-state index in [0.29, 0.717) is 6.04 Å². The monoisotopic (exact) mass is 265 g/mol. The average Bonchev–Trinajstić information content (AvgIpc) is 2.68. The molecule has 3 nitrogen and oxygen atoms in total. The van der Waals surface area contributed by atoms with Crippen LogP contribution in [0.5, 0.6) is 0 Å². The topological polar surface area (TPSA) is 29.9 Å². The number of aromatic nitrogens is 2. The Morgan fingerprint density at radius 1 is 1.39 bits per heavy atom. The molecule has 0 amide bonds. The fraction of sp³-hybridized carbons (Fsp3) is 0.500. The standard InChI is InChI=1S/C14H20ClN3/c1-5-11(16-4)14-17-12-8-10(15)6-7-13(12)18(14)9(2)3/h6-9,11,16H,5H2,1-4H3. The highest BCUT2D eigenvalue weighted by Crippen LogP contribution is 2.27. The van der Waals surface area contributed by atoms with Gasteiger partial charge in [-0.1, -0.05) is 18.5 Å². The fourth-order valence-corrected chi connectivity index (χ4v) is 2.56. The van der Waals surface area contributed by atoms with Gasteiger partial charge in [0.1, 0.15) is 5.82 Å². The first kappa shape index (κ1) is 13.4. The summed E-state index contributed by atoms with van der Waals surface area (Å²) in [5.41, 5.74) is 2.12. The number of hydrogen-bond acceptors (Lipinski definition) is 2. The Bertz CT molecular complexity index is 541. The second kappa shape index (κ2) is 5.29. The van der Waals surface area contributed by atoms with E-state index in [0.717, 1.165) is 28.3 Å². The average molecular weight is 266 g/mol. The highest BCUT2D eigenvalue weighted by atomic mass is 35.5. The highest BCUT2D eigenvalue weighted by Gasteiger charge is 2.19. The van der Waals surface area contributed by atoms with Crippen LogP contribution in [0.3, 0.4) is 0 Å². The van der Waals surface area contributed by atoms with Crippen LogP contribution in [-0.4, -0.2) is 16.6 Å². The van der Waals surface area contributed by atoms with E-state index in [9.17, 15) is 0 Å². The Kier molecular flexibility index (Phi) is 3.93. The smallest absolute Gasteiger partial charge is 0.127 e. The molecule has 1 aromatic heterocycles. The van der Waals surface area contributed by atoms with Gasteiger partial charge in [0.15, 0.2) is 0 Å². The molecule has 0 bridgehead atoms. The SMILES string of the molecule is CCC(NC)c1nc2cc(Cl)ccc2n1C(C)C. The van der Waals surface area contributed by atoms with Gasteiger partial charge in [-0.15, -0.1) is 0 Å². The third-order valence-electron chi connectivity index (χ3n) is 3.26. The molecule has 0 radical (unpaired) electrons. The lowest BCUT2D eigenvalue weighted by molar-refractivity contribution is 0.486. The second-order valence-electron chi connectivity index (χ2n) is 4.82. The lowest BCUT2D eigenvalue weighted by atomic mass is 10.2. The van der Waals surface area contributed by atoms with Crippen LogP contribution in [0.2, 0.25) is 5.02 Å². The lowest BCUT2D eigenvalue weighted by Gasteiger charge is -2.19. The van der Waals surface area contributed by atoms with Crippen LogP contribution in [0, 0.1) is 0 Å². The largest absolute Gasteiger partial charge is 0.324 e. The van der Waals surface area contributed by atoms with Crippen molar-refractivity contribution < 1.29 is 0 Å². The van der Waals surface area contributed by atoms with E-state index in [-0.39, 0.29) is 6.04 Å². The fourth-order valence-electron chi connectivity index (χ4n) is 2.39. The third-order valence-corrected chi connectivity index (χ3v) is 3.50. The molecule has 98 valence electrons. The van der Waals surface area contributed by atoms with E-state index >= 15 is 0 Å². The Labute approximate surface area is 113 Å². The zero-order chi connectivity index (χ0) is 13.3. The Morgan fingerprint density at radius 3 is 2.67 bits per heavy atom. The Balaban J connectivity index is 2.68. The van der Waals surface area contributed by atoms with Crippen LogP contribution in [0.25, 0.3) is 11.0 Å². The minimum absolute atomic E-state index is 0.276. The number of rotatable bonds is 4. The van der Waals surface area contributed by atoms with Crippen molar-refractivity contribution in [1.82, 2.24) is 14.9 Å². The van der Waals surface area contributed by atoms with Crippen LogP contribution >= 0.6 is 11.6 Å². The van der Waals surface area contributed by atoms with Gasteiger partial charge < -0.3 is 9.88 Å². The van der Waals surface area contributed by atoms with Crippen LogP contribution in [0.1, 0.15) is 45.1 Å². The van der Waals surface area contributed by atoms with E-state index in [2.05, 4.69) is 36.7 Å². The van der Waals surface area contributed by atoms with Gasteiger partial charge in [-0.05, 0) is 45.5 Å². The Hall–Kier alpha value is -1.06. The quantitative estimate of drug-likeness (QED) is 0.907. The molecular weight excluding hydrogens is 246 g/mol. The molecule has 0 saturated carbocycles. The molecule has 1 atom stereocenters. The van der Waals surface area contributed by atoms with Crippen LogP contribution < -0.4 is 5.32 Å². The highest BCUT2D eigenvalue weighted by molar-refractivity contribution is 6.31. The van der Waals surface area contributed by atoms with Gasteiger partial charge in [0.2, 0.25) is 0 Å². The zero-order valence-corrected chi connectivity index (χ0v) is 12.1. The molecule has 0 aliphatic heterocycles. The van der Waals surface area contributed by atoms with Gasteiger partial charge in [-0.3, -0.25) is 0 Å². The second-order valence-corrected chi connectivity index (χ2v) is 5.25. The van der Waals surface area contributed by atoms with Crippen molar-refractivity contribution in [3.8, 4) is 0 Å². The minimum atomic E-state index is 0.276. The van der Waals surface area contributed by atoms with Crippen molar-refractivity contribution in [2.45, 2.75) is 39.3 Å². The molecular formula is C14H20ClN3. The molecule has 1 unspecified atom stereocenters. The summed E-state index contributed by atoms with van der Waals surface area (Å²) in [5.74, 6) is 1.09. The summed E-state index contributed by atoms with van der Waals surface area (Å²) in [5, 5.41) is 4.06. The summed E-state index contributed by atoms with van der Waals surface area (Å²) in [6.45, 7) is 6.53. The normalized spacial score (nSPS) is 13.4. The number of imidazole rings is 1. The summed E-state index contributed by atoms with van der Waals surface area (Å²) in [6.07, 6.45) is 1.01. The van der Waals surface area contributed by atoms with Gasteiger partial charge in [0.25, 0.3) is 0 Å². The third kappa shape index (κ3) is 2.25. The van der Waals surface area contributed by atoms with E-state index in [1.54, 1.807) is 0 Å². The molecule has 0 aliphatic carbocycles. The number of hydrogen-bond donors (Lipinski definition) is 1. The van der Waals surface area contributed by atoms with Gasteiger partial charge in [0, 0.05) is 11.1 Å². The van der Waals surface area contributed by atoms with Crippen molar-refractivity contribution >= 4 is 22.6 Å². The van der Waals surface area contributed by atoms with Gasteiger partial charge in [0.05, 0.1) is 17.1 Å². The van der Waals surface area contributed by atoms with Gasteiger partial charge in [-0.25, -0.2) is 4.98 Å². The molecule has 1 heterocycles. The molecule has 18 heavy (non-hydrogen) atoms. The number of nitrogens with zero attached hydrogens (tertiary/aromatic N) is 2. The van der Waals surface area contributed by atoms with Crippen molar-refractivity contribution in [2.24, 2.45) is 0 Å². The predicted molar refractivity (Wildman–Crippen MR) is 77.2 cm³/mol. The van der Waals surface area contributed by atoms with Crippen LogP contribution in [-0.2, 0) is 0 Å². The first-order chi connectivity index (χ1) is 8.58. The lowest BCUT2D eigenvalue weighted by Crippen LogP contribution is -2.21. The Morgan fingerprint density at radius 2 is 2.11 bits per heavy atom. The summed E-state index contributed by atoms with van der Waals surface area (Å²) in [7, 11) is 1.98. The van der Waals surface area contributed by atoms with Crippen molar-refractivity contribution in [3.05, 3.63) is 29.0 Å². The number of benzene rings is 1. The molecule has 0 aliphatic rings. The number of nitrogens with one attached hydrogen (secondary N) is 1. The van der Waals surface area contributed by atoms with E-state index < -0.39 is 0 Å². The molecule has 2 rings (SSSR count). The maximum atomic E-state index is 6.04. The molecule has 0 fully saturated rings. The molecule has 1 aromatic carbocycles. The van der Waals surface area contributed by atoms with Crippen molar-refractivity contribution in [1.29, 1.82) is 0 Å². The van der Waals surface area contributed by atoms with Crippen LogP contribution in [0.15, 0.2) is 18.2 Å². The molecule has 2 aromatic rings. The molecule has 1 N–H and O–H groups in total. The first-order valence-electron chi connectivity index (χ1n) is 6.43. The van der Waals surface area contributed by atoms with Gasteiger partial charge >= 0.3 is 0 Å². The summed E-state index contributed by atoms with van der Waals surface area (Å²) >= 11 is 6.04. The summed E-state index contributed by atoms with van der Waals surface area (Å²) < 4.78 is 2.29. The molecule has 0 saturated heterocycles. The zero-order valence-electron chi connectivity index (χ0n) is 11.4. The van der Waals surface area contributed by atoms with Crippen molar-refractivity contribution in [2.75, 3.05) is 7.05 Å². The predicted octanol–water partition coefficient (Wildman–Crippen LogP) is 3.94. The number of halogens is 1. The maximum absolute atomic E-state index is 6.04. The van der Waals surface area contributed by atoms with Crippen LogP contribution in [0.4, 0.5) is 0 Å². The molecule has 4 heteroatoms. The summed E-state index contributed by atoms with van der Waals surface area (Å²) in [4.78, 5) is 4.75. The van der Waals surface area contributed by atoms with E-state index in [1.165, 1.54) is 0 Å². The first-order valence-corrected chi connectivity index (χ1v) is 6.81. The summed E-state index contributed by atoms with van der Waals surface area (Å²) in [6, 6.07) is 6.57. The number of fused-ring (bicyclic) bond motifs is 1. The van der Waals surface area contributed by atoms with E-state index in [4.69, 9.17) is 16.6 Å². The van der Waals surface area contributed by atoms with E-state index in [1.807, 2.05) is 19.2 Å².